The summed E-state index contributed by atoms with van der Waals surface area (Å²) in [6.07, 6.45) is 2.13. The summed E-state index contributed by atoms with van der Waals surface area (Å²) in [7, 11) is 0. The summed E-state index contributed by atoms with van der Waals surface area (Å²) >= 11 is 0. The number of carbonyl (C=O) groups excluding carboxylic acids is 2. The zero-order valence-electron chi connectivity index (χ0n) is 14.1. The molecule has 2 saturated heterocycles. The summed E-state index contributed by atoms with van der Waals surface area (Å²) in [5, 5.41) is 17.5. The molecule has 1 aliphatic carbocycles. The van der Waals surface area contributed by atoms with Crippen molar-refractivity contribution in [3.05, 3.63) is 0 Å². The van der Waals surface area contributed by atoms with E-state index in [0.29, 0.717) is 24.8 Å². The molecule has 8 nitrogen and oxygen atoms in total. The third-order valence-corrected chi connectivity index (χ3v) is 5.77. The number of nitrogens with zero attached hydrogens (tertiary/aromatic N) is 1. The van der Waals surface area contributed by atoms with Gasteiger partial charge < -0.3 is 10.4 Å². The standard InChI is InChI=1S/C16H26N4O4/c1-8-6-10-11(7-9(8)2)20(5-3-4-12(21)22)14-13(17-10)15(23)19-16(24)18-14/h8-11,13-14,17H,3-7H2,1-2H3,(H,21,22)(H2,18,19,23,24). The van der Waals surface area contributed by atoms with Crippen molar-refractivity contribution in [3.63, 3.8) is 0 Å². The van der Waals surface area contributed by atoms with Gasteiger partial charge in [0.1, 0.15) is 12.2 Å². The Bertz CT molecular complexity index is 540. The SMILES string of the molecule is CC1CC2NC3C(=O)NC(=O)NC3N(CCCC(=O)O)C2CC1C. The molecule has 3 aliphatic rings. The number of carbonyl (C=O) groups is 3. The summed E-state index contributed by atoms with van der Waals surface area (Å²) in [5.41, 5.74) is 0. The molecular weight excluding hydrogens is 312 g/mol. The smallest absolute Gasteiger partial charge is 0.322 e. The van der Waals surface area contributed by atoms with E-state index >= 15 is 0 Å². The molecule has 0 radical (unpaired) electrons. The Labute approximate surface area is 141 Å². The van der Waals surface area contributed by atoms with Gasteiger partial charge in [-0.05, 0) is 31.1 Å². The van der Waals surface area contributed by atoms with Crippen molar-refractivity contribution < 1.29 is 19.5 Å². The van der Waals surface area contributed by atoms with Gasteiger partial charge in [-0.25, -0.2) is 4.79 Å². The molecule has 134 valence electrons. The summed E-state index contributed by atoms with van der Waals surface area (Å²) in [6, 6.07) is -0.586. The minimum Gasteiger partial charge on any atom is -0.481 e. The van der Waals surface area contributed by atoms with Gasteiger partial charge in [-0.3, -0.25) is 25.1 Å². The molecule has 0 aromatic heterocycles. The van der Waals surface area contributed by atoms with Crippen LogP contribution in [0.15, 0.2) is 0 Å². The fourth-order valence-corrected chi connectivity index (χ4v) is 4.30. The highest BCUT2D eigenvalue weighted by atomic mass is 16.4. The summed E-state index contributed by atoms with van der Waals surface area (Å²) < 4.78 is 0. The quantitative estimate of drug-likeness (QED) is 0.578. The number of aliphatic carboxylic acids is 1. The molecule has 2 aliphatic heterocycles. The number of hydrogen-bond acceptors (Lipinski definition) is 5. The van der Waals surface area contributed by atoms with E-state index in [9.17, 15) is 14.4 Å². The van der Waals surface area contributed by atoms with Gasteiger partial charge in [0, 0.05) is 25.0 Å². The molecule has 1 saturated carbocycles. The summed E-state index contributed by atoms with van der Waals surface area (Å²) in [6.45, 7) is 5.02. The van der Waals surface area contributed by atoms with Gasteiger partial charge in [-0.2, -0.15) is 0 Å². The Balaban J connectivity index is 1.81. The number of fused-ring (bicyclic) bond motifs is 2. The molecule has 2 heterocycles. The van der Waals surface area contributed by atoms with Gasteiger partial charge in [0.05, 0.1) is 0 Å². The van der Waals surface area contributed by atoms with Crippen molar-refractivity contribution in [2.24, 2.45) is 11.8 Å². The summed E-state index contributed by atoms with van der Waals surface area (Å²) in [5.74, 6) is -0.0110. The molecule has 0 bridgehead atoms. The van der Waals surface area contributed by atoms with E-state index in [1.54, 1.807) is 0 Å². The Morgan fingerprint density at radius 2 is 1.96 bits per heavy atom. The molecule has 3 rings (SSSR count). The lowest BCUT2D eigenvalue weighted by molar-refractivity contribution is -0.138. The molecule has 0 spiro atoms. The minimum absolute atomic E-state index is 0.0881. The van der Waals surface area contributed by atoms with Gasteiger partial charge in [0.2, 0.25) is 5.91 Å². The third kappa shape index (κ3) is 3.25. The first-order valence-electron chi connectivity index (χ1n) is 8.71. The second-order valence-electron chi connectivity index (χ2n) is 7.39. The number of piperazine rings is 1. The van der Waals surface area contributed by atoms with E-state index < -0.39 is 24.2 Å². The molecule has 8 heteroatoms. The first kappa shape index (κ1) is 17.2. The van der Waals surface area contributed by atoms with Crippen LogP contribution in [0.25, 0.3) is 0 Å². The van der Waals surface area contributed by atoms with Crippen molar-refractivity contribution in [3.8, 4) is 0 Å². The number of rotatable bonds is 4. The molecule has 3 fully saturated rings. The van der Waals surface area contributed by atoms with Crippen LogP contribution in [-0.4, -0.2) is 58.8 Å². The van der Waals surface area contributed by atoms with Crippen LogP contribution in [0.2, 0.25) is 0 Å². The maximum absolute atomic E-state index is 12.2. The number of hydrogen-bond donors (Lipinski definition) is 4. The fraction of sp³-hybridized carbons (Fsp3) is 0.812. The molecule has 4 N–H and O–H groups in total. The molecule has 6 atom stereocenters. The highest BCUT2D eigenvalue weighted by Crippen LogP contribution is 2.36. The highest BCUT2D eigenvalue weighted by molar-refractivity contribution is 6.00. The van der Waals surface area contributed by atoms with E-state index in [1.165, 1.54) is 0 Å². The topological polar surface area (TPSA) is 111 Å². The lowest BCUT2D eigenvalue weighted by Gasteiger charge is -2.55. The van der Waals surface area contributed by atoms with Gasteiger partial charge in [0.25, 0.3) is 0 Å². The second kappa shape index (κ2) is 6.68. The van der Waals surface area contributed by atoms with Gasteiger partial charge in [0.15, 0.2) is 0 Å². The van der Waals surface area contributed by atoms with Crippen molar-refractivity contribution >= 4 is 17.9 Å². The average Bonchev–Trinajstić information content (AvgIpc) is 2.49. The molecule has 0 aromatic carbocycles. The number of carboxylic acid groups (broad SMARTS) is 1. The third-order valence-electron chi connectivity index (χ3n) is 5.77. The van der Waals surface area contributed by atoms with E-state index in [2.05, 4.69) is 34.7 Å². The van der Waals surface area contributed by atoms with Crippen molar-refractivity contribution in [1.29, 1.82) is 0 Å². The molecular formula is C16H26N4O4. The van der Waals surface area contributed by atoms with E-state index in [4.69, 9.17) is 5.11 Å². The Hall–Kier alpha value is -1.67. The van der Waals surface area contributed by atoms with Crippen LogP contribution >= 0.6 is 0 Å². The minimum atomic E-state index is -0.825. The largest absolute Gasteiger partial charge is 0.481 e. The van der Waals surface area contributed by atoms with Crippen LogP contribution in [0.1, 0.15) is 39.5 Å². The predicted octanol–water partition coefficient (Wildman–Crippen LogP) is 0.0937. The second-order valence-corrected chi connectivity index (χ2v) is 7.39. The van der Waals surface area contributed by atoms with Crippen LogP contribution in [0.5, 0.6) is 0 Å². The van der Waals surface area contributed by atoms with Crippen molar-refractivity contribution in [2.75, 3.05) is 6.54 Å². The maximum atomic E-state index is 12.2. The summed E-state index contributed by atoms with van der Waals surface area (Å²) in [4.78, 5) is 37.0. The van der Waals surface area contributed by atoms with E-state index in [0.717, 1.165) is 12.8 Å². The Morgan fingerprint density at radius 1 is 1.25 bits per heavy atom. The first-order valence-corrected chi connectivity index (χ1v) is 8.71. The van der Waals surface area contributed by atoms with Gasteiger partial charge in [-0.1, -0.05) is 13.8 Å². The molecule has 3 amide bonds. The average molecular weight is 338 g/mol. The van der Waals surface area contributed by atoms with Crippen molar-refractivity contribution in [1.82, 2.24) is 20.9 Å². The number of carboxylic acids is 1. The van der Waals surface area contributed by atoms with Crippen LogP contribution in [0.4, 0.5) is 4.79 Å². The van der Waals surface area contributed by atoms with Crippen molar-refractivity contribution in [2.45, 2.75) is 63.8 Å². The highest BCUT2D eigenvalue weighted by Gasteiger charge is 2.50. The Kier molecular flexibility index (Phi) is 4.78. The number of urea groups is 1. The zero-order chi connectivity index (χ0) is 17.4. The maximum Gasteiger partial charge on any atom is 0.322 e. The lowest BCUT2D eigenvalue weighted by Crippen LogP contribution is -2.79. The van der Waals surface area contributed by atoms with Crippen LogP contribution in [-0.2, 0) is 9.59 Å². The molecule has 24 heavy (non-hydrogen) atoms. The van der Waals surface area contributed by atoms with E-state index in [1.807, 2.05) is 0 Å². The number of imide groups is 1. The normalized spacial score (nSPS) is 39.4. The zero-order valence-corrected chi connectivity index (χ0v) is 14.1. The monoisotopic (exact) mass is 338 g/mol. The van der Waals surface area contributed by atoms with Crippen LogP contribution in [0.3, 0.4) is 0 Å². The first-order chi connectivity index (χ1) is 11.4. The molecule has 0 aromatic rings. The van der Waals surface area contributed by atoms with E-state index in [-0.39, 0.29) is 24.4 Å². The number of amides is 3. The molecule has 6 unspecified atom stereocenters. The number of nitrogens with one attached hydrogen (secondary N) is 3. The fourth-order valence-electron chi connectivity index (χ4n) is 4.30. The van der Waals surface area contributed by atoms with Crippen LogP contribution in [0, 0.1) is 11.8 Å². The van der Waals surface area contributed by atoms with Gasteiger partial charge in [-0.15, -0.1) is 0 Å². The Morgan fingerprint density at radius 3 is 2.67 bits per heavy atom. The predicted molar refractivity (Wildman–Crippen MR) is 86.1 cm³/mol. The van der Waals surface area contributed by atoms with Gasteiger partial charge >= 0.3 is 12.0 Å². The van der Waals surface area contributed by atoms with Crippen LogP contribution < -0.4 is 16.0 Å². The lowest BCUT2D eigenvalue weighted by atomic mass is 9.73.